The molecule has 1 unspecified atom stereocenters. The molecule has 5 nitrogen and oxygen atoms in total. The molecule has 108 valence electrons. The smallest absolute Gasteiger partial charge is 0.249 e. The molecular formula is C14H11F2N3O2. The van der Waals surface area contributed by atoms with Crippen LogP contribution in [0.2, 0.25) is 0 Å². The maximum atomic E-state index is 13.8. The van der Waals surface area contributed by atoms with E-state index < -0.39 is 23.6 Å². The van der Waals surface area contributed by atoms with Crippen LogP contribution in [-0.2, 0) is 11.3 Å². The maximum Gasteiger partial charge on any atom is 0.249 e. The summed E-state index contributed by atoms with van der Waals surface area (Å²) in [5, 5.41) is 9.18. The van der Waals surface area contributed by atoms with Gasteiger partial charge in [-0.2, -0.15) is 0 Å². The zero-order valence-electron chi connectivity index (χ0n) is 10.8. The van der Waals surface area contributed by atoms with Gasteiger partial charge >= 0.3 is 0 Å². The van der Waals surface area contributed by atoms with E-state index >= 15 is 0 Å². The van der Waals surface area contributed by atoms with Gasteiger partial charge in [-0.3, -0.25) is 9.78 Å². The number of halogens is 2. The van der Waals surface area contributed by atoms with Crippen LogP contribution < -0.4 is 10.6 Å². The van der Waals surface area contributed by atoms with Crippen molar-refractivity contribution in [3.8, 4) is 5.75 Å². The van der Waals surface area contributed by atoms with Crippen molar-refractivity contribution in [1.82, 2.24) is 4.98 Å². The molecule has 3 rings (SSSR count). The lowest BCUT2D eigenvalue weighted by atomic mass is 10.1. The van der Waals surface area contributed by atoms with Gasteiger partial charge in [-0.25, -0.2) is 8.78 Å². The molecule has 2 heterocycles. The number of amides is 1. The average molecular weight is 291 g/mol. The van der Waals surface area contributed by atoms with Crippen LogP contribution in [0, 0.1) is 11.6 Å². The van der Waals surface area contributed by atoms with Crippen LogP contribution in [0.25, 0.3) is 0 Å². The number of aromatic hydroxyl groups is 1. The zero-order valence-corrected chi connectivity index (χ0v) is 10.8. The van der Waals surface area contributed by atoms with Crippen LogP contribution in [-0.4, -0.2) is 16.0 Å². The number of pyridine rings is 1. The first kappa shape index (κ1) is 13.4. The van der Waals surface area contributed by atoms with Crippen molar-refractivity contribution in [2.75, 3.05) is 4.90 Å². The Hall–Kier alpha value is -2.54. The minimum absolute atomic E-state index is 0.0133. The van der Waals surface area contributed by atoms with Crippen molar-refractivity contribution in [3.63, 3.8) is 0 Å². The number of hydrogen-bond acceptors (Lipinski definition) is 4. The van der Waals surface area contributed by atoms with E-state index in [2.05, 4.69) is 4.98 Å². The van der Waals surface area contributed by atoms with Crippen LogP contribution in [0.15, 0.2) is 30.5 Å². The SMILES string of the molecule is NC1C(=O)N(Cc2ccc(O)cn2)c2cc(F)cc(F)c21. The Kier molecular flexibility index (Phi) is 3.06. The molecule has 1 aromatic heterocycles. The van der Waals surface area contributed by atoms with Gasteiger partial charge in [-0.05, 0) is 18.2 Å². The largest absolute Gasteiger partial charge is 0.506 e. The van der Waals surface area contributed by atoms with Gasteiger partial charge in [-0.1, -0.05) is 0 Å². The number of rotatable bonds is 2. The number of nitrogens with zero attached hydrogens (tertiary/aromatic N) is 2. The summed E-state index contributed by atoms with van der Waals surface area (Å²) >= 11 is 0. The van der Waals surface area contributed by atoms with E-state index in [0.717, 1.165) is 6.07 Å². The number of carbonyl (C=O) groups is 1. The third-order valence-corrected chi connectivity index (χ3v) is 3.34. The highest BCUT2D eigenvalue weighted by Crippen LogP contribution is 2.37. The van der Waals surface area contributed by atoms with E-state index in [4.69, 9.17) is 5.73 Å². The highest BCUT2D eigenvalue weighted by molar-refractivity contribution is 6.04. The van der Waals surface area contributed by atoms with Crippen molar-refractivity contribution in [2.45, 2.75) is 12.6 Å². The monoisotopic (exact) mass is 291 g/mol. The van der Waals surface area contributed by atoms with Crippen LogP contribution in [0.4, 0.5) is 14.5 Å². The predicted molar refractivity (Wildman–Crippen MR) is 70.4 cm³/mol. The summed E-state index contributed by atoms with van der Waals surface area (Å²) in [6.07, 6.45) is 1.23. The lowest BCUT2D eigenvalue weighted by Crippen LogP contribution is -2.31. The van der Waals surface area contributed by atoms with Gasteiger partial charge in [0, 0.05) is 11.6 Å². The molecule has 21 heavy (non-hydrogen) atoms. The normalized spacial score (nSPS) is 17.2. The summed E-state index contributed by atoms with van der Waals surface area (Å²) in [6.45, 7) is 0.0166. The number of aromatic nitrogens is 1. The highest BCUT2D eigenvalue weighted by Gasteiger charge is 2.37. The number of carbonyl (C=O) groups excluding carboxylic acids is 1. The molecule has 2 aromatic rings. The summed E-state index contributed by atoms with van der Waals surface area (Å²) in [5.41, 5.74) is 6.26. The van der Waals surface area contributed by atoms with Crippen LogP contribution >= 0.6 is 0 Å². The molecule has 1 aliphatic rings. The van der Waals surface area contributed by atoms with Gasteiger partial charge < -0.3 is 15.7 Å². The molecule has 0 saturated carbocycles. The van der Waals surface area contributed by atoms with Crippen molar-refractivity contribution < 1.29 is 18.7 Å². The Balaban J connectivity index is 2.01. The topological polar surface area (TPSA) is 79.5 Å². The first-order valence-electron chi connectivity index (χ1n) is 6.17. The van der Waals surface area contributed by atoms with E-state index in [0.29, 0.717) is 11.8 Å². The second-order valence-electron chi connectivity index (χ2n) is 4.73. The molecule has 0 spiro atoms. The van der Waals surface area contributed by atoms with Crippen molar-refractivity contribution in [1.29, 1.82) is 0 Å². The minimum Gasteiger partial charge on any atom is -0.506 e. The van der Waals surface area contributed by atoms with E-state index in [1.165, 1.54) is 23.2 Å². The second-order valence-corrected chi connectivity index (χ2v) is 4.73. The fourth-order valence-electron chi connectivity index (χ4n) is 2.35. The standard InChI is InChI=1S/C14H11F2N3O2/c15-7-3-10(16)12-11(4-7)19(14(21)13(12)17)6-8-1-2-9(20)5-18-8/h1-5,13,20H,6,17H2. The molecule has 0 saturated heterocycles. The molecule has 0 bridgehead atoms. The van der Waals surface area contributed by atoms with Crippen LogP contribution in [0.5, 0.6) is 5.75 Å². The quantitative estimate of drug-likeness (QED) is 0.881. The maximum absolute atomic E-state index is 13.8. The van der Waals surface area contributed by atoms with Gasteiger partial charge in [0.15, 0.2) is 0 Å². The van der Waals surface area contributed by atoms with Gasteiger partial charge in [0.1, 0.15) is 23.4 Å². The van der Waals surface area contributed by atoms with Gasteiger partial charge in [0.25, 0.3) is 0 Å². The van der Waals surface area contributed by atoms with Crippen LogP contribution in [0.3, 0.4) is 0 Å². The number of hydrogen-bond donors (Lipinski definition) is 2. The van der Waals surface area contributed by atoms with Crippen molar-refractivity contribution in [2.24, 2.45) is 5.73 Å². The third-order valence-electron chi connectivity index (χ3n) is 3.34. The number of benzene rings is 1. The fourth-order valence-corrected chi connectivity index (χ4v) is 2.35. The first-order valence-corrected chi connectivity index (χ1v) is 6.17. The lowest BCUT2D eigenvalue weighted by molar-refractivity contribution is -0.119. The Labute approximate surface area is 118 Å². The summed E-state index contributed by atoms with van der Waals surface area (Å²) in [4.78, 5) is 17.3. The molecular weight excluding hydrogens is 280 g/mol. The molecule has 1 aromatic carbocycles. The second kappa shape index (κ2) is 4.78. The number of anilines is 1. The number of nitrogens with two attached hydrogens (primary N) is 1. The fraction of sp³-hybridized carbons (Fsp3) is 0.143. The predicted octanol–water partition coefficient (Wildman–Crippen LogP) is 1.61. The van der Waals surface area contributed by atoms with E-state index in [1.807, 2.05) is 0 Å². The van der Waals surface area contributed by atoms with Crippen LogP contribution in [0.1, 0.15) is 17.3 Å². The van der Waals surface area contributed by atoms with Gasteiger partial charge in [0.2, 0.25) is 5.91 Å². The first-order chi connectivity index (χ1) is 9.97. The van der Waals surface area contributed by atoms with E-state index in [9.17, 15) is 18.7 Å². The Morgan fingerprint density at radius 3 is 2.76 bits per heavy atom. The summed E-state index contributed by atoms with van der Waals surface area (Å²) in [6, 6.07) is 3.55. The van der Waals surface area contributed by atoms with Gasteiger partial charge in [0.05, 0.1) is 24.1 Å². The highest BCUT2D eigenvalue weighted by atomic mass is 19.1. The summed E-state index contributed by atoms with van der Waals surface area (Å²) in [7, 11) is 0. The molecule has 1 aliphatic heterocycles. The lowest BCUT2D eigenvalue weighted by Gasteiger charge is -2.17. The number of fused-ring (bicyclic) bond motifs is 1. The van der Waals surface area contributed by atoms with Crippen molar-refractivity contribution in [3.05, 3.63) is 53.4 Å². The molecule has 0 aliphatic carbocycles. The van der Waals surface area contributed by atoms with E-state index in [-0.39, 0.29) is 23.5 Å². The van der Waals surface area contributed by atoms with E-state index in [1.54, 1.807) is 0 Å². The molecule has 7 heteroatoms. The molecule has 1 amide bonds. The summed E-state index contributed by atoms with van der Waals surface area (Å²) in [5.74, 6) is -2.16. The zero-order chi connectivity index (χ0) is 15.1. The Morgan fingerprint density at radius 2 is 2.10 bits per heavy atom. The third kappa shape index (κ3) is 2.21. The van der Waals surface area contributed by atoms with Crippen molar-refractivity contribution >= 4 is 11.6 Å². The van der Waals surface area contributed by atoms with Gasteiger partial charge in [-0.15, -0.1) is 0 Å². The average Bonchev–Trinajstić information content (AvgIpc) is 2.66. The minimum atomic E-state index is -1.15. The molecule has 0 radical (unpaired) electrons. The molecule has 1 atom stereocenters. The Bertz CT molecular complexity index is 719. The molecule has 3 N–H and O–H groups in total. The summed E-state index contributed by atoms with van der Waals surface area (Å²) < 4.78 is 27.2. The molecule has 0 fully saturated rings. The Morgan fingerprint density at radius 1 is 1.33 bits per heavy atom.